The number of benzene rings is 1. The maximum absolute atomic E-state index is 13.2. The minimum absolute atomic E-state index is 0.153. The molecule has 0 saturated heterocycles. The molecular formula is C24H28N4O3. The lowest BCUT2D eigenvalue weighted by Gasteiger charge is -2.29. The molecule has 0 bridgehead atoms. The van der Waals surface area contributed by atoms with Gasteiger partial charge in [0.05, 0.1) is 19.4 Å². The largest absolute Gasteiger partial charge is 0.497 e. The molecule has 162 valence electrons. The maximum Gasteiger partial charge on any atom is 0.318 e. The number of hydrogen-bond acceptors (Lipinski definition) is 4. The number of allylic oxidation sites excluding steroid dienone is 3. The molecule has 31 heavy (non-hydrogen) atoms. The maximum atomic E-state index is 13.2. The Kier molecular flexibility index (Phi) is 6.60. The molecule has 1 aliphatic heterocycles. The summed E-state index contributed by atoms with van der Waals surface area (Å²) in [7, 11) is 1.62. The standard InChI is InChI=1S/C24H28N4O3/c1-31-19-13-11-17(12-14-19)15-28(24(30)25-18-7-3-2-4-8-18)16-22-26-21-10-6-5-9-20(21)23(29)27-22/h5-6,9-14,18,20H,2-4,7-8,15-16H2,1H3,(H,25,30). The molecule has 3 aliphatic rings. The molecule has 1 N–H and O–H groups in total. The van der Waals surface area contributed by atoms with E-state index in [1.807, 2.05) is 42.5 Å². The van der Waals surface area contributed by atoms with E-state index in [4.69, 9.17) is 4.74 Å². The Morgan fingerprint density at radius 2 is 1.87 bits per heavy atom. The molecule has 1 aromatic carbocycles. The molecule has 4 rings (SSSR count). The second-order valence-corrected chi connectivity index (χ2v) is 8.11. The van der Waals surface area contributed by atoms with Gasteiger partial charge in [-0.1, -0.05) is 49.6 Å². The molecule has 1 aromatic rings. The van der Waals surface area contributed by atoms with Crippen LogP contribution in [0, 0.1) is 5.92 Å². The lowest BCUT2D eigenvalue weighted by Crippen LogP contribution is -2.47. The van der Waals surface area contributed by atoms with Gasteiger partial charge in [-0.25, -0.2) is 9.79 Å². The zero-order valence-corrected chi connectivity index (χ0v) is 17.8. The molecule has 1 saturated carbocycles. The Morgan fingerprint density at radius 3 is 2.61 bits per heavy atom. The Bertz CT molecular complexity index is 940. The predicted molar refractivity (Wildman–Crippen MR) is 120 cm³/mol. The summed E-state index contributed by atoms with van der Waals surface area (Å²) in [5.74, 6) is 0.472. The van der Waals surface area contributed by atoms with Crippen molar-refractivity contribution < 1.29 is 14.3 Å². The molecule has 0 aromatic heterocycles. The van der Waals surface area contributed by atoms with Crippen LogP contribution >= 0.6 is 0 Å². The van der Waals surface area contributed by atoms with Gasteiger partial charge < -0.3 is 15.0 Å². The van der Waals surface area contributed by atoms with E-state index in [9.17, 15) is 9.59 Å². The topological polar surface area (TPSA) is 83.4 Å². The van der Waals surface area contributed by atoms with Crippen LogP contribution in [0.5, 0.6) is 5.75 Å². The van der Waals surface area contributed by atoms with E-state index in [1.54, 1.807) is 18.1 Å². The van der Waals surface area contributed by atoms with Crippen LogP contribution < -0.4 is 10.1 Å². The molecule has 1 heterocycles. The second kappa shape index (κ2) is 9.73. The fourth-order valence-electron chi connectivity index (χ4n) is 4.12. The first-order valence-corrected chi connectivity index (χ1v) is 10.9. The summed E-state index contributed by atoms with van der Waals surface area (Å²) < 4.78 is 5.23. The molecule has 3 amide bonds. The Balaban J connectivity index is 1.51. The van der Waals surface area contributed by atoms with Gasteiger partial charge in [-0.2, -0.15) is 4.99 Å². The molecule has 1 unspecified atom stereocenters. The summed E-state index contributed by atoms with van der Waals surface area (Å²) in [6.45, 7) is 0.559. The summed E-state index contributed by atoms with van der Waals surface area (Å²) in [6.07, 6.45) is 12.8. The van der Waals surface area contributed by atoms with Crippen molar-refractivity contribution in [1.29, 1.82) is 0 Å². The smallest absolute Gasteiger partial charge is 0.318 e. The van der Waals surface area contributed by atoms with Crippen molar-refractivity contribution in [3.05, 3.63) is 54.1 Å². The number of carbonyl (C=O) groups is 2. The number of ether oxygens (including phenoxy) is 1. The third kappa shape index (κ3) is 5.29. The number of nitrogens with one attached hydrogen (secondary N) is 1. The zero-order chi connectivity index (χ0) is 21.6. The second-order valence-electron chi connectivity index (χ2n) is 8.11. The number of rotatable bonds is 6. The van der Waals surface area contributed by atoms with Gasteiger partial charge in [-0.3, -0.25) is 4.79 Å². The van der Waals surface area contributed by atoms with Crippen LogP contribution in [-0.4, -0.2) is 48.1 Å². The number of hydrogen-bond donors (Lipinski definition) is 1. The van der Waals surface area contributed by atoms with Gasteiger partial charge in [-0.05, 0) is 36.6 Å². The Hall–Kier alpha value is -3.22. The number of amides is 3. The van der Waals surface area contributed by atoms with Gasteiger partial charge in [0.25, 0.3) is 5.91 Å². The van der Waals surface area contributed by atoms with E-state index in [1.165, 1.54) is 6.42 Å². The normalized spacial score (nSPS) is 20.5. The van der Waals surface area contributed by atoms with E-state index in [-0.39, 0.29) is 24.5 Å². The molecule has 1 fully saturated rings. The third-order valence-corrected chi connectivity index (χ3v) is 5.85. The van der Waals surface area contributed by atoms with Crippen LogP contribution in [0.4, 0.5) is 4.79 Å². The zero-order valence-electron chi connectivity index (χ0n) is 17.8. The first-order chi connectivity index (χ1) is 15.1. The molecule has 7 nitrogen and oxygen atoms in total. The lowest BCUT2D eigenvalue weighted by molar-refractivity contribution is -0.118. The number of methoxy groups -OCH3 is 1. The summed E-state index contributed by atoms with van der Waals surface area (Å²) in [4.78, 5) is 36.0. The van der Waals surface area contributed by atoms with Crippen molar-refractivity contribution in [2.45, 2.75) is 44.7 Å². The summed E-state index contributed by atoms with van der Waals surface area (Å²) in [5.41, 5.74) is 1.64. The molecule has 1 atom stereocenters. The molecule has 0 spiro atoms. The highest BCUT2D eigenvalue weighted by atomic mass is 16.5. The minimum Gasteiger partial charge on any atom is -0.497 e. The number of amidine groups is 1. The number of fused-ring (bicyclic) bond motifs is 1. The van der Waals surface area contributed by atoms with Gasteiger partial charge in [0, 0.05) is 12.6 Å². The van der Waals surface area contributed by atoms with Gasteiger partial charge in [-0.15, -0.1) is 0 Å². The monoisotopic (exact) mass is 420 g/mol. The molecular weight excluding hydrogens is 392 g/mol. The number of aliphatic imine (C=N–C) groups is 2. The van der Waals surface area contributed by atoms with Crippen LogP contribution in [0.2, 0.25) is 0 Å². The fraction of sp³-hybridized carbons (Fsp3) is 0.417. The third-order valence-electron chi connectivity index (χ3n) is 5.85. The van der Waals surface area contributed by atoms with Crippen molar-refractivity contribution in [3.63, 3.8) is 0 Å². The average molecular weight is 421 g/mol. The highest BCUT2D eigenvalue weighted by Gasteiger charge is 2.28. The molecule has 2 aliphatic carbocycles. The van der Waals surface area contributed by atoms with Crippen molar-refractivity contribution in [2.75, 3.05) is 13.7 Å². The van der Waals surface area contributed by atoms with Crippen molar-refractivity contribution in [1.82, 2.24) is 10.2 Å². The quantitative estimate of drug-likeness (QED) is 0.762. The van der Waals surface area contributed by atoms with Crippen molar-refractivity contribution >= 4 is 23.5 Å². The lowest BCUT2D eigenvalue weighted by atomic mass is 9.96. The van der Waals surface area contributed by atoms with Gasteiger partial charge in [0.15, 0.2) is 5.84 Å². The average Bonchev–Trinajstić information content (AvgIpc) is 2.80. The van der Waals surface area contributed by atoms with E-state index < -0.39 is 5.92 Å². The highest BCUT2D eigenvalue weighted by molar-refractivity contribution is 6.21. The molecule has 0 radical (unpaired) electrons. The molecule has 7 heteroatoms. The van der Waals surface area contributed by atoms with E-state index >= 15 is 0 Å². The van der Waals surface area contributed by atoms with Crippen LogP contribution in [0.1, 0.15) is 37.7 Å². The van der Waals surface area contributed by atoms with Crippen LogP contribution in [0.25, 0.3) is 0 Å². The van der Waals surface area contributed by atoms with Crippen LogP contribution in [0.3, 0.4) is 0 Å². The Morgan fingerprint density at radius 1 is 1.10 bits per heavy atom. The van der Waals surface area contributed by atoms with E-state index in [0.717, 1.165) is 37.0 Å². The number of nitrogens with zero attached hydrogens (tertiary/aromatic N) is 3. The summed E-state index contributed by atoms with van der Waals surface area (Å²) in [6, 6.07) is 7.65. The number of carbonyl (C=O) groups excluding carboxylic acids is 2. The van der Waals surface area contributed by atoms with Gasteiger partial charge in [0.2, 0.25) is 0 Å². The van der Waals surface area contributed by atoms with Crippen molar-refractivity contribution in [2.24, 2.45) is 15.9 Å². The highest BCUT2D eigenvalue weighted by Crippen LogP contribution is 2.20. The fourth-order valence-corrected chi connectivity index (χ4v) is 4.12. The van der Waals surface area contributed by atoms with E-state index in [0.29, 0.717) is 18.1 Å². The van der Waals surface area contributed by atoms with Gasteiger partial charge >= 0.3 is 6.03 Å². The summed E-state index contributed by atoms with van der Waals surface area (Å²) >= 11 is 0. The van der Waals surface area contributed by atoms with Gasteiger partial charge in [0.1, 0.15) is 11.7 Å². The minimum atomic E-state index is -0.417. The summed E-state index contributed by atoms with van der Waals surface area (Å²) in [5, 5.41) is 3.17. The first kappa shape index (κ1) is 21.0. The van der Waals surface area contributed by atoms with Crippen LogP contribution in [0.15, 0.2) is 58.6 Å². The van der Waals surface area contributed by atoms with Crippen LogP contribution in [-0.2, 0) is 11.3 Å². The Labute approximate surface area is 182 Å². The van der Waals surface area contributed by atoms with E-state index in [2.05, 4.69) is 15.3 Å². The predicted octanol–water partition coefficient (Wildman–Crippen LogP) is 3.66. The van der Waals surface area contributed by atoms with Crippen molar-refractivity contribution in [3.8, 4) is 5.75 Å². The first-order valence-electron chi connectivity index (χ1n) is 10.9. The number of urea groups is 1. The SMILES string of the molecule is COc1ccc(CN(CC2=NC(=O)C3C=CC=CC3=N2)C(=O)NC2CCCCC2)cc1.